The minimum atomic E-state index is -4.33. The fourth-order valence-electron chi connectivity index (χ4n) is 2.81. The van der Waals surface area contributed by atoms with Crippen LogP contribution in [0.4, 0.5) is 10.1 Å². The molecule has 0 saturated heterocycles. The Hall–Kier alpha value is -1.58. The van der Waals surface area contributed by atoms with Crippen LogP contribution in [-0.2, 0) is 10.0 Å². The van der Waals surface area contributed by atoms with Crippen molar-refractivity contribution in [3.05, 3.63) is 34.1 Å². The van der Waals surface area contributed by atoms with E-state index in [1.165, 1.54) is 0 Å². The van der Waals surface area contributed by atoms with Gasteiger partial charge in [0.2, 0.25) is 0 Å². The second-order valence-electron chi connectivity index (χ2n) is 5.35. The number of nitro groups is 1. The first-order chi connectivity index (χ1) is 10.4. The Morgan fingerprint density at radius 3 is 2.68 bits per heavy atom. The first kappa shape index (κ1) is 16.8. The van der Waals surface area contributed by atoms with Crippen molar-refractivity contribution in [2.45, 2.75) is 36.6 Å². The minimum absolute atomic E-state index is 0.0469. The zero-order chi connectivity index (χ0) is 16.3. The van der Waals surface area contributed by atoms with E-state index in [4.69, 9.17) is 5.73 Å². The first-order valence-corrected chi connectivity index (χ1v) is 8.50. The van der Waals surface area contributed by atoms with Crippen LogP contribution >= 0.6 is 0 Å². The van der Waals surface area contributed by atoms with E-state index in [0.717, 1.165) is 37.5 Å². The Balaban J connectivity index is 2.37. The molecular weight excluding hydrogens is 313 g/mol. The molecule has 1 aliphatic carbocycles. The van der Waals surface area contributed by atoms with Gasteiger partial charge in [-0.1, -0.05) is 18.9 Å². The summed E-state index contributed by atoms with van der Waals surface area (Å²) in [6, 6.07) is 2.54. The smallest absolute Gasteiger partial charge is 0.292 e. The molecule has 122 valence electrons. The summed E-state index contributed by atoms with van der Waals surface area (Å²) in [6.07, 6.45) is 3.16. The van der Waals surface area contributed by atoms with E-state index < -0.39 is 37.4 Å². The average molecular weight is 331 g/mol. The predicted octanol–water partition coefficient (Wildman–Crippen LogP) is 1.53. The van der Waals surface area contributed by atoms with Crippen molar-refractivity contribution in [3.63, 3.8) is 0 Å². The average Bonchev–Trinajstić information content (AvgIpc) is 2.46. The summed E-state index contributed by atoms with van der Waals surface area (Å²) in [5.74, 6) is -1.18. The topological polar surface area (TPSA) is 115 Å². The number of hydrogen-bond donors (Lipinski definition) is 2. The maximum Gasteiger partial charge on any atom is 0.292 e. The van der Waals surface area contributed by atoms with Gasteiger partial charge in [0.1, 0.15) is 5.82 Å². The molecule has 22 heavy (non-hydrogen) atoms. The summed E-state index contributed by atoms with van der Waals surface area (Å²) in [6.45, 7) is 0.312. The summed E-state index contributed by atoms with van der Waals surface area (Å²) in [5.41, 5.74) is 4.87. The van der Waals surface area contributed by atoms with E-state index in [-0.39, 0.29) is 5.92 Å². The zero-order valence-corrected chi connectivity index (χ0v) is 12.7. The monoisotopic (exact) mass is 331 g/mol. The van der Waals surface area contributed by atoms with Gasteiger partial charge in [-0.15, -0.1) is 0 Å². The van der Waals surface area contributed by atoms with E-state index in [1.807, 2.05) is 0 Å². The van der Waals surface area contributed by atoms with Gasteiger partial charge < -0.3 is 5.73 Å². The Morgan fingerprint density at radius 2 is 2.05 bits per heavy atom. The number of benzene rings is 1. The SMILES string of the molecule is NC[C@@H]1CCCC[C@H]1NS(=O)(=O)c1c(F)cccc1[N+](=O)[O-]. The number of rotatable bonds is 5. The molecule has 1 aromatic rings. The van der Waals surface area contributed by atoms with Crippen LogP contribution in [0.3, 0.4) is 0 Å². The van der Waals surface area contributed by atoms with Gasteiger partial charge in [0, 0.05) is 12.1 Å². The lowest BCUT2D eigenvalue weighted by Gasteiger charge is -2.30. The summed E-state index contributed by atoms with van der Waals surface area (Å²) in [4.78, 5) is 9.14. The molecule has 1 aliphatic rings. The molecule has 1 saturated carbocycles. The molecule has 3 N–H and O–H groups in total. The van der Waals surface area contributed by atoms with Gasteiger partial charge in [-0.05, 0) is 31.4 Å². The normalized spacial score (nSPS) is 22.5. The number of nitro benzene ring substituents is 1. The van der Waals surface area contributed by atoms with E-state index in [0.29, 0.717) is 13.0 Å². The molecule has 0 heterocycles. The number of nitrogens with zero attached hydrogens (tertiary/aromatic N) is 1. The Kier molecular flexibility index (Phi) is 5.09. The summed E-state index contributed by atoms with van der Waals surface area (Å²) in [7, 11) is -4.33. The molecule has 0 amide bonds. The lowest BCUT2D eigenvalue weighted by molar-refractivity contribution is -0.388. The molecule has 0 aliphatic heterocycles. The van der Waals surface area contributed by atoms with E-state index in [9.17, 15) is 22.9 Å². The molecule has 0 aromatic heterocycles. The number of nitrogens with two attached hydrogens (primary N) is 1. The van der Waals surface area contributed by atoms with Crippen LogP contribution in [0.15, 0.2) is 23.1 Å². The van der Waals surface area contributed by atoms with E-state index in [1.54, 1.807) is 0 Å². The fraction of sp³-hybridized carbons (Fsp3) is 0.538. The molecule has 0 unspecified atom stereocenters. The molecule has 0 spiro atoms. The largest absolute Gasteiger partial charge is 0.330 e. The van der Waals surface area contributed by atoms with Crippen LogP contribution in [0.5, 0.6) is 0 Å². The van der Waals surface area contributed by atoms with Crippen LogP contribution in [0.25, 0.3) is 0 Å². The van der Waals surface area contributed by atoms with Crippen LogP contribution in [0, 0.1) is 21.8 Å². The highest BCUT2D eigenvalue weighted by atomic mass is 32.2. The fourth-order valence-corrected chi connectivity index (χ4v) is 4.38. The molecule has 1 aromatic carbocycles. The highest BCUT2D eigenvalue weighted by molar-refractivity contribution is 7.89. The van der Waals surface area contributed by atoms with Gasteiger partial charge in [-0.25, -0.2) is 17.5 Å². The van der Waals surface area contributed by atoms with Crippen LogP contribution < -0.4 is 10.5 Å². The van der Waals surface area contributed by atoms with Gasteiger partial charge in [-0.3, -0.25) is 10.1 Å². The maximum absolute atomic E-state index is 13.9. The van der Waals surface area contributed by atoms with Crippen molar-refractivity contribution in [1.82, 2.24) is 4.72 Å². The van der Waals surface area contributed by atoms with Crippen LogP contribution in [0.1, 0.15) is 25.7 Å². The molecule has 7 nitrogen and oxygen atoms in total. The van der Waals surface area contributed by atoms with Crippen molar-refractivity contribution in [2.24, 2.45) is 11.7 Å². The quantitative estimate of drug-likeness (QED) is 0.627. The van der Waals surface area contributed by atoms with Crippen molar-refractivity contribution < 1.29 is 17.7 Å². The molecule has 0 bridgehead atoms. The Bertz CT molecular complexity index is 665. The van der Waals surface area contributed by atoms with Gasteiger partial charge >= 0.3 is 0 Å². The van der Waals surface area contributed by atoms with Crippen LogP contribution in [0.2, 0.25) is 0 Å². The maximum atomic E-state index is 13.9. The second kappa shape index (κ2) is 6.67. The molecule has 1 fully saturated rings. The van der Waals surface area contributed by atoms with Crippen molar-refractivity contribution in [3.8, 4) is 0 Å². The zero-order valence-electron chi connectivity index (χ0n) is 11.9. The molecule has 9 heteroatoms. The molecular formula is C13H18FN3O4S. The van der Waals surface area contributed by atoms with Gasteiger partial charge in [-0.2, -0.15) is 0 Å². The number of halogens is 1. The van der Waals surface area contributed by atoms with Crippen LogP contribution in [-0.4, -0.2) is 25.9 Å². The van der Waals surface area contributed by atoms with E-state index in [2.05, 4.69) is 4.72 Å². The van der Waals surface area contributed by atoms with Crippen molar-refractivity contribution in [1.29, 1.82) is 0 Å². The summed E-state index contributed by atoms with van der Waals surface area (Å²) >= 11 is 0. The molecule has 2 rings (SSSR count). The number of sulfonamides is 1. The van der Waals surface area contributed by atoms with Gasteiger partial charge in [0.25, 0.3) is 15.7 Å². The third-order valence-corrected chi connectivity index (χ3v) is 5.48. The Labute approximate surface area is 127 Å². The highest BCUT2D eigenvalue weighted by Gasteiger charge is 2.34. The first-order valence-electron chi connectivity index (χ1n) is 7.02. The predicted molar refractivity (Wildman–Crippen MR) is 78.2 cm³/mol. The summed E-state index contributed by atoms with van der Waals surface area (Å²) < 4.78 is 41.1. The highest BCUT2D eigenvalue weighted by Crippen LogP contribution is 2.29. The van der Waals surface area contributed by atoms with Crippen molar-refractivity contribution >= 4 is 15.7 Å². The lowest BCUT2D eigenvalue weighted by atomic mass is 9.85. The number of nitrogens with one attached hydrogen (secondary N) is 1. The third-order valence-electron chi connectivity index (χ3n) is 3.93. The van der Waals surface area contributed by atoms with Gasteiger partial charge in [0.05, 0.1) is 4.92 Å². The molecule has 0 radical (unpaired) electrons. The minimum Gasteiger partial charge on any atom is -0.330 e. The molecule has 2 atom stereocenters. The lowest BCUT2D eigenvalue weighted by Crippen LogP contribution is -2.44. The third kappa shape index (κ3) is 3.42. The second-order valence-corrected chi connectivity index (χ2v) is 7.00. The summed E-state index contributed by atoms with van der Waals surface area (Å²) in [5, 5.41) is 11.0. The van der Waals surface area contributed by atoms with Crippen molar-refractivity contribution in [2.75, 3.05) is 6.54 Å². The van der Waals surface area contributed by atoms with Gasteiger partial charge in [0.15, 0.2) is 4.90 Å². The standard InChI is InChI=1S/C13H18FN3O4S/c14-10-5-3-7-12(17(18)19)13(10)22(20,21)16-11-6-2-1-4-9(11)8-15/h3,5,7,9,11,16H,1-2,4,6,8,15H2/t9-,11+/m0/s1. The Morgan fingerprint density at radius 1 is 1.36 bits per heavy atom. The number of hydrogen-bond acceptors (Lipinski definition) is 5. The van der Waals surface area contributed by atoms with E-state index >= 15 is 0 Å².